The van der Waals surface area contributed by atoms with Gasteiger partial charge in [-0.25, -0.2) is 0 Å². The molecular weight excluding hydrogens is 386 g/mol. The molecule has 160 valence electrons. The molecule has 1 heteroatoms. The highest BCUT2D eigenvalue weighted by Crippen LogP contribution is 2.33. The molecule has 0 saturated heterocycles. The van der Waals surface area contributed by atoms with Gasteiger partial charge in [-0.3, -0.25) is 0 Å². The fourth-order valence-electron chi connectivity index (χ4n) is 4.25. The number of fused-ring (bicyclic) bond motifs is 3. The highest BCUT2D eigenvalue weighted by molar-refractivity contribution is 6.10. The number of aromatic nitrogens is 1. The van der Waals surface area contributed by atoms with Crippen LogP contribution in [-0.4, -0.2) is 4.57 Å². The average molecular weight is 418 g/mol. The first kappa shape index (κ1) is 21.6. The molecule has 0 saturated carbocycles. The van der Waals surface area contributed by atoms with Crippen molar-refractivity contribution in [1.82, 2.24) is 4.57 Å². The van der Waals surface area contributed by atoms with Crippen molar-refractivity contribution in [3.63, 3.8) is 0 Å². The minimum atomic E-state index is 1.15. The van der Waals surface area contributed by atoms with Gasteiger partial charge in [-0.05, 0) is 79.8 Å². The van der Waals surface area contributed by atoms with E-state index in [9.17, 15) is 0 Å². The molecule has 0 N–H and O–H groups in total. The molecule has 5 aromatic rings. The lowest BCUT2D eigenvalue weighted by Crippen LogP contribution is -1.92. The molecule has 0 amide bonds. The normalized spacial score (nSPS) is 11.4. The lowest BCUT2D eigenvalue weighted by atomic mass is 10.0. The first-order valence-corrected chi connectivity index (χ1v) is 11.4. The Hall–Kier alpha value is -3.58. The minimum absolute atomic E-state index is 1.15. The van der Waals surface area contributed by atoms with Crippen molar-refractivity contribution in [3.8, 4) is 5.69 Å². The van der Waals surface area contributed by atoms with Crippen molar-refractivity contribution in [3.05, 3.63) is 120 Å². The summed E-state index contributed by atoms with van der Waals surface area (Å²) in [5, 5.41) is 2.61. The minimum Gasteiger partial charge on any atom is -0.309 e. The van der Waals surface area contributed by atoms with Gasteiger partial charge in [0.1, 0.15) is 0 Å². The molecule has 0 radical (unpaired) electrons. The summed E-state index contributed by atoms with van der Waals surface area (Å²) in [6.45, 7) is 8.59. The summed E-state index contributed by atoms with van der Waals surface area (Å²) in [6, 6.07) is 34.5. The Bertz CT molecular complexity index is 1370. The summed E-state index contributed by atoms with van der Waals surface area (Å²) >= 11 is 0. The SMILES string of the molecule is C/C=C(\C)c1ccc2c(c1)c1ccccc1n2-c1ccccc1.CCc1ccccc1C. The standard InChI is InChI=1S/C22H19N.C9H12/c1-3-16(2)17-13-14-22-20(15-17)19-11-7-8-12-21(19)23(22)18-9-5-4-6-10-18;1-3-9-7-5-4-6-8(9)2/h3-15H,1-2H3;4-7H,3H2,1-2H3/b16-3+;. The molecule has 0 spiro atoms. The van der Waals surface area contributed by atoms with Gasteiger partial charge in [0, 0.05) is 16.5 Å². The van der Waals surface area contributed by atoms with E-state index in [0.29, 0.717) is 0 Å². The Morgan fingerprint density at radius 1 is 0.750 bits per heavy atom. The highest BCUT2D eigenvalue weighted by atomic mass is 15.0. The van der Waals surface area contributed by atoms with E-state index in [1.165, 1.54) is 49.8 Å². The topological polar surface area (TPSA) is 4.93 Å². The number of allylic oxidation sites excluding steroid dienone is 2. The van der Waals surface area contributed by atoms with E-state index in [0.717, 1.165) is 6.42 Å². The van der Waals surface area contributed by atoms with Crippen molar-refractivity contribution in [1.29, 1.82) is 0 Å². The van der Waals surface area contributed by atoms with Gasteiger partial charge in [0.15, 0.2) is 0 Å². The molecular formula is C31H31N. The van der Waals surface area contributed by atoms with Crippen LogP contribution < -0.4 is 0 Å². The Morgan fingerprint density at radius 2 is 1.41 bits per heavy atom. The van der Waals surface area contributed by atoms with E-state index >= 15 is 0 Å². The van der Waals surface area contributed by atoms with Crippen molar-refractivity contribution in [2.24, 2.45) is 0 Å². The summed E-state index contributed by atoms with van der Waals surface area (Å²) in [6.07, 6.45) is 3.31. The first-order chi connectivity index (χ1) is 15.6. The Labute approximate surface area is 191 Å². The summed E-state index contributed by atoms with van der Waals surface area (Å²) in [7, 11) is 0. The van der Waals surface area contributed by atoms with Crippen molar-refractivity contribution in [2.45, 2.75) is 34.1 Å². The molecule has 4 aromatic carbocycles. The van der Waals surface area contributed by atoms with E-state index in [1.807, 2.05) is 0 Å². The number of benzene rings is 4. The molecule has 0 bridgehead atoms. The van der Waals surface area contributed by atoms with Crippen LogP contribution in [0.15, 0.2) is 103 Å². The predicted molar refractivity (Wildman–Crippen MR) is 141 cm³/mol. The number of hydrogen-bond acceptors (Lipinski definition) is 0. The van der Waals surface area contributed by atoms with E-state index < -0.39 is 0 Å². The molecule has 5 rings (SSSR count). The van der Waals surface area contributed by atoms with Crippen LogP contribution in [0.3, 0.4) is 0 Å². The molecule has 1 heterocycles. The molecule has 0 aliphatic carbocycles. The summed E-state index contributed by atoms with van der Waals surface area (Å²) < 4.78 is 2.35. The van der Waals surface area contributed by atoms with Crippen molar-refractivity contribution >= 4 is 27.4 Å². The van der Waals surface area contributed by atoms with Crippen LogP contribution in [-0.2, 0) is 6.42 Å². The van der Waals surface area contributed by atoms with E-state index in [-0.39, 0.29) is 0 Å². The number of para-hydroxylation sites is 2. The van der Waals surface area contributed by atoms with Gasteiger partial charge in [0.05, 0.1) is 11.0 Å². The van der Waals surface area contributed by atoms with Crippen LogP contribution in [0.2, 0.25) is 0 Å². The maximum absolute atomic E-state index is 2.35. The third kappa shape index (κ3) is 4.24. The molecule has 0 fully saturated rings. The average Bonchev–Trinajstić information content (AvgIpc) is 3.18. The fraction of sp³-hybridized carbons (Fsp3) is 0.161. The molecule has 0 unspecified atom stereocenters. The number of aryl methyl sites for hydroxylation is 2. The van der Waals surface area contributed by atoms with Gasteiger partial charge in [-0.2, -0.15) is 0 Å². The molecule has 0 aliphatic rings. The lowest BCUT2D eigenvalue weighted by Gasteiger charge is -2.08. The zero-order valence-corrected chi connectivity index (χ0v) is 19.5. The van der Waals surface area contributed by atoms with Crippen molar-refractivity contribution in [2.75, 3.05) is 0 Å². The van der Waals surface area contributed by atoms with Gasteiger partial charge < -0.3 is 4.57 Å². The summed E-state index contributed by atoms with van der Waals surface area (Å²) in [5.74, 6) is 0. The molecule has 1 aromatic heterocycles. The molecule has 1 nitrogen and oxygen atoms in total. The third-order valence-electron chi connectivity index (χ3n) is 6.22. The zero-order valence-electron chi connectivity index (χ0n) is 19.5. The van der Waals surface area contributed by atoms with Gasteiger partial charge in [-0.15, -0.1) is 0 Å². The third-order valence-corrected chi connectivity index (χ3v) is 6.22. The molecule has 0 aliphatic heterocycles. The van der Waals surface area contributed by atoms with Gasteiger partial charge in [-0.1, -0.05) is 79.7 Å². The van der Waals surface area contributed by atoms with Crippen LogP contribution in [0, 0.1) is 6.92 Å². The lowest BCUT2D eigenvalue weighted by molar-refractivity contribution is 1.11. The molecule has 0 atom stereocenters. The van der Waals surface area contributed by atoms with Crippen molar-refractivity contribution < 1.29 is 0 Å². The van der Waals surface area contributed by atoms with Crippen LogP contribution in [0.25, 0.3) is 33.1 Å². The second-order valence-electron chi connectivity index (χ2n) is 8.17. The maximum Gasteiger partial charge on any atom is 0.0541 e. The first-order valence-electron chi connectivity index (χ1n) is 11.4. The van der Waals surface area contributed by atoms with Crippen LogP contribution in [0.4, 0.5) is 0 Å². The summed E-state index contributed by atoms with van der Waals surface area (Å²) in [5.41, 5.74) is 9.17. The second kappa shape index (κ2) is 9.70. The van der Waals surface area contributed by atoms with E-state index in [4.69, 9.17) is 0 Å². The smallest absolute Gasteiger partial charge is 0.0541 e. The Morgan fingerprint density at radius 3 is 2.09 bits per heavy atom. The summed E-state index contributed by atoms with van der Waals surface area (Å²) in [4.78, 5) is 0. The fourth-order valence-corrected chi connectivity index (χ4v) is 4.25. The maximum atomic E-state index is 2.35. The number of hydrogen-bond donors (Lipinski definition) is 0. The van der Waals surface area contributed by atoms with Crippen LogP contribution in [0.5, 0.6) is 0 Å². The van der Waals surface area contributed by atoms with Crippen LogP contribution >= 0.6 is 0 Å². The largest absolute Gasteiger partial charge is 0.309 e. The Balaban J connectivity index is 0.000000230. The van der Waals surface area contributed by atoms with E-state index in [2.05, 4.69) is 135 Å². The molecule has 32 heavy (non-hydrogen) atoms. The van der Waals surface area contributed by atoms with E-state index in [1.54, 1.807) is 0 Å². The highest BCUT2D eigenvalue weighted by Gasteiger charge is 2.12. The van der Waals surface area contributed by atoms with Gasteiger partial charge in [0.2, 0.25) is 0 Å². The number of nitrogens with zero attached hydrogens (tertiary/aromatic N) is 1. The Kier molecular flexibility index (Phi) is 6.56. The zero-order chi connectivity index (χ0) is 22.5. The van der Waals surface area contributed by atoms with Crippen LogP contribution in [0.1, 0.15) is 37.5 Å². The predicted octanol–water partition coefficient (Wildman–Crippen LogP) is 8.76. The van der Waals surface area contributed by atoms with Gasteiger partial charge >= 0.3 is 0 Å². The number of rotatable bonds is 3. The van der Waals surface area contributed by atoms with Gasteiger partial charge in [0.25, 0.3) is 0 Å². The quantitative estimate of drug-likeness (QED) is 0.276. The monoisotopic (exact) mass is 417 g/mol. The second-order valence-corrected chi connectivity index (χ2v) is 8.17.